The molecule has 1 aliphatic carbocycles. The number of amides is 1. The van der Waals surface area contributed by atoms with E-state index in [0.717, 1.165) is 44.6 Å². The van der Waals surface area contributed by atoms with Crippen LogP contribution in [0.15, 0.2) is 21.7 Å². The Hall–Kier alpha value is -3.52. The molecule has 36 heavy (non-hydrogen) atoms. The highest BCUT2D eigenvalue weighted by molar-refractivity contribution is 5.90. The number of anilines is 1. The van der Waals surface area contributed by atoms with Gasteiger partial charge < -0.3 is 20.8 Å². The number of nitrogens with two attached hydrogens (primary N) is 1. The third-order valence-electron chi connectivity index (χ3n) is 7.38. The molecule has 0 radical (unpaired) electrons. The fourth-order valence-corrected chi connectivity index (χ4v) is 5.44. The Morgan fingerprint density at radius 2 is 2.08 bits per heavy atom. The number of ether oxygens (including phenoxy) is 1. The van der Waals surface area contributed by atoms with Crippen LogP contribution in [-0.2, 0) is 4.79 Å². The van der Waals surface area contributed by atoms with Gasteiger partial charge in [0.2, 0.25) is 5.91 Å². The molecule has 11 nitrogen and oxygen atoms in total. The topological polar surface area (TPSA) is 139 Å². The third kappa shape index (κ3) is 4.78. The van der Waals surface area contributed by atoms with Gasteiger partial charge in [-0.3, -0.25) is 19.1 Å². The number of rotatable bonds is 10. The van der Waals surface area contributed by atoms with E-state index in [1.807, 2.05) is 6.07 Å². The van der Waals surface area contributed by atoms with Crippen molar-refractivity contribution in [3.63, 3.8) is 0 Å². The Morgan fingerprint density at radius 1 is 1.33 bits per heavy atom. The molecular formula is C25H35N7O4. The molecule has 0 spiro atoms. The first-order valence-corrected chi connectivity index (χ1v) is 12.6. The van der Waals surface area contributed by atoms with Gasteiger partial charge in [-0.15, -0.1) is 0 Å². The minimum atomic E-state index is -0.539. The van der Waals surface area contributed by atoms with E-state index in [1.165, 1.54) is 6.92 Å². The average molecular weight is 498 g/mol. The molecule has 2 heterocycles. The van der Waals surface area contributed by atoms with Gasteiger partial charge in [0.25, 0.3) is 5.56 Å². The Kier molecular flexibility index (Phi) is 7.54. The number of carbonyl (C=O) groups is 1. The van der Waals surface area contributed by atoms with Gasteiger partial charge in [0.1, 0.15) is 5.52 Å². The zero-order chi connectivity index (χ0) is 26.0. The number of methoxy groups -OCH3 is 1. The molecule has 2 unspecified atom stereocenters. The largest absolute Gasteiger partial charge is 0.492 e. The van der Waals surface area contributed by atoms with Crippen molar-refractivity contribution in [2.45, 2.75) is 51.6 Å². The number of hydrogen-bond donors (Lipinski definition) is 2. The first-order chi connectivity index (χ1) is 17.3. The number of nitrogens with one attached hydrogen (secondary N) is 1. The molecule has 194 valence electrons. The molecule has 1 amide bonds. The Balaban J connectivity index is 1.70. The Labute approximate surface area is 210 Å². The number of carbonyl (C=O) groups excluding carboxylic acids is 1. The molecule has 1 saturated carbocycles. The molecule has 0 bridgehead atoms. The smallest absolute Gasteiger partial charge is 0.350 e. The number of aromatic nitrogens is 2. The average Bonchev–Trinajstić information content (AvgIpc) is 3.59. The zero-order valence-electron chi connectivity index (χ0n) is 21.2. The molecule has 1 aliphatic heterocycles. The maximum Gasteiger partial charge on any atom is 0.350 e. The molecule has 3 N–H and O–H groups in total. The third-order valence-corrected chi connectivity index (χ3v) is 7.38. The molecule has 1 saturated heterocycles. The summed E-state index contributed by atoms with van der Waals surface area (Å²) in [5.74, 6) is 6.48. The summed E-state index contributed by atoms with van der Waals surface area (Å²) in [5, 5.41) is 12.4. The van der Waals surface area contributed by atoms with Crippen molar-refractivity contribution < 1.29 is 9.53 Å². The summed E-state index contributed by atoms with van der Waals surface area (Å²) in [6.45, 7) is 7.00. The van der Waals surface area contributed by atoms with E-state index in [-0.39, 0.29) is 23.9 Å². The number of likely N-dealkylation sites (N-methyl/N-ethyl adjacent to an activating group) is 1. The number of fused-ring (bicyclic) bond motifs is 1. The van der Waals surface area contributed by atoms with E-state index in [9.17, 15) is 14.4 Å². The number of nitriles is 1. The van der Waals surface area contributed by atoms with Gasteiger partial charge in [-0.2, -0.15) is 9.94 Å². The maximum atomic E-state index is 12.9. The minimum absolute atomic E-state index is 0.00570. The first kappa shape index (κ1) is 25.6. The van der Waals surface area contributed by atoms with E-state index < -0.39 is 11.2 Å². The van der Waals surface area contributed by atoms with Gasteiger partial charge in [0.05, 0.1) is 24.3 Å². The quantitative estimate of drug-likeness (QED) is 0.460. The molecule has 4 rings (SSSR count). The lowest BCUT2D eigenvalue weighted by Crippen LogP contribution is -2.49. The van der Waals surface area contributed by atoms with Crippen LogP contribution in [0.3, 0.4) is 0 Å². The van der Waals surface area contributed by atoms with Crippen molar-refractivity contribution in [2.24, 2.45) is 5.92 Å². The standard InChI is InChI=1S/C25H35N7O4/c1-4-29(12-5-11-26)21(14-28-16(2)33)17-10-13-30(15-17)20-9-8-19-22(23(20)36-3)31(18-6-7-18)25(35)32(27)24(19)34/h8-9,17-18,21H,4-7,10,12-15,27H2,1-3H3,(H,28,33). The van der Waals surface area contributed by atoms with Crippen LogP contribution in [0.5, 0.6) is 5.75 Å². The lowest BCUT2D eigenvalue weighted by atomic mass is 9.96. The second-order valence-corrected chi connectivity index (χ2v) is 9.61. The van der Waals surface area contributed by atoms with Crippen molar-refractivity contribution in [1.29, 1.82) is 5.26 Å². The summed E-state index contributed by atoms with van der Waals surface area (Å²) >= 11 is 0. The summed E-state index contributed by atoms with van der Waals surface area (Å²) in [4.78, 5) is 41.9. The van der Waals surface area contributed by atoms with Crippen molar-refractivity contribution in [2.75, 3.05) is 50.6 Å². The van der Waals surface area contributed by atoms with Gasteiger partial charge in [0, 0.05) is 51.6 Å². The number of benzene rings is 1. The van der Waals surface area contributed by atoms with Crippen LogP contribution in [0.1, 0.15) is 45.6 Å². The van der Waals surface area contributed by atoms with Crippen molar-refractivity contribution in [1.82, 2.24) is 19.5 Å². The van der Waals surface area contributed by atoms with E-state index in [0.29, 0.717) is 40.8 Å². The number of nitrogens with zero attached hydrogens (tertiary/aromatic N) is 5. The van der Waals surface area contributed by atoms with Crippen LogP contribution < -0.4 is 32.0 Å². The highest BCUT2D eigenvalue weighted by Gasteiger charge is 2.35. The summed E-state index contributed by atoms with van der Waals surface area (Å²) in [7, 11) is 1.56. The molecule has 2 atom stereocenters. The van der Waals surface area contributed by atoms with Crippen LogP contribution in [0, 0.1) is 17.2 Å². The fourth-order valence-electron chi connectivity index (χ4n) is 5.44. The molecule has 1 aromatic heterocycles. The molecular weight excluding hydrogens is 462 g/mol. The second-order valence-electron chi connectivity index (χ2n) is 9.61. The van der Waals surface area contributed by atoms with Gasteiger partial charge in [-0.1, -0.05) is 6.92 Å². The van der Waals surface area contributed by atoms with Crippen LogP contribution >= 0.6 is 0 Å². The Morgan fingerprint density at radius 3 is 2.69 bits per heavy atom. The number of nitrogen functional groups attached to an aromatic ring is 1. The summed E-state index contributed by atoms with van der Waals surface area (Å²) < 4.78 is 8.13. The maximum absolute atomic E-state index is 12.9. The summed E-state index contributed by atoms with van der Waals surface area (Å²) in [6.07, 6.45) is 3.03. The predicted octanol–water partition coefficient (Wildman–Crippen LogP) is 0.787. The molecule has 2 fully saturated rings. The van der Waals surface area contributed by atoms with Crippen LogP contribution in [-0.4, -0.2) is 65.9 Å². The second kappa shape index (κ2) is 10.6. The van der Waals surface area contributed by atoms with Crippen molar-refractivity contribution in [3.05, 3.63) is 33.0 Å². The summed E-state index contributed by atoms with van der Waals surface area (Å²) in [5.41, 5.74) is 0.254. The van der Waals surface area contributed by atoms with E-state index in [2.05, 4.69) is 28.1 Å². The van der Waals surface area contributed by atoms with Crippen molar-refractivity contribution in [3.8, 4) is 11.8 Å². The molecule has 2 aliphatic rings. The zero-order valence-corrected chi connectivity index (χ0v) is 21.2. The fraction of sp³-hybridized carbons (Fsp3) is 0.600. The molecule has 1 aromatic carbocycles. The van der Waals surface area contributed by atoms with E-state index in [4.69, 9.17) is 15.8 Å². The lowest BCUT2D eigenvalue weighted by molar-refractivity contribution is -0.119. The normalized spacial score (nSPS) is 18.4. The first-order valence-electron chi connectivity index (χ1n) is 12.6. The summed E-state index contributed by atoms with van der Waals surface area (Å²) in [6, 6.07) is 5.90. The van der Waals surface area contributed by atoms with E-state index >= 15 is 0 Å². The minimum Gasteiger partial charge on any atom is -0.492 e. The SMILES string of the molecule is CCN(CCC#N)C(CNC(C)=O)C1CCN(c2ccc3c(=O)n(N)c(=O)n(C4CC4)c3c2OC)C1. The van der Waals surface area contributed by atoms with Gasteiger partial charge in [0.15, 0.2) is 5.75 Å². The molecule has 11 heteroatoms. The van der Waals surface area contributed by atoms with E-state index in [1.54, 1.807) is 17.7 Å². The monoisotopic (exact) mass is 497 g/mol. The van der Waals surface area contributed by atoms with Crippen LogP contribution in [0.4, 0.5) is 5.69 Å². The van der Waals surface area contributed by atoms with Crippen LogP contribution in [0.2, 0.25) is 0 Å². The van der Waals surface area contributed by atoms with Crippen molar-refractivity contribution >= 4 is 22.5 Å². The predicted molar refractivity (Wildman–Crippen MR) is 138 cm³/mol. The van der Waals surface area contributed by atoms with Crippen LogP contribution in [0.25, 0.3) is 10.9 Å². The Bertz CT molecular complexity index is 1290. The van der Waals surface area contributed by atoms with Gasteiger partial charge in [-0.25, -0.2) is 4.79 Å². The van der Waals surface area contributed by atoms with Gasteiger partial charge in [-0.05, 0) is 43.9 Å². The highest BCUT2D eigenvalue weighted by atomic mass is 16.5. The highest BCUT2D eigenvalue weighted by Crippen LogP contribution is 2.42. The lowest BCUT2D eigenvalue weighted by Gasteiger charge is -2.35. The number of hydrogen-bond acceptors (Lipinski definition) is 8. The van der Waals surface area contributed by atoms with Gasteiger partial charge >= 0.3 is 5.69 Å². The molecule has 2 aromatic rings.